The molecule has 6 rings (SSSR count). The highest BCUT2D eigenvalue weighted by atomic mass is 16.6. The van der Waals surface area contributed by atoms with Crippen molar-refractivity contribution in [3.8, 4) is 0 Å². The largest absolute Gasteiger partial charge is 0.387 e. The molecule has 11 nitrogen and oxygen atoms in total. The van der Waals surface area contributed by atoms with E-state index in [1.54, 1.807) is 18.0 Å². The summed E-state index contributed by atoms with van der Waals surface area (Å²) in [5, 5.41) is 28.7. The second kappa shape index (κ2) is 14.1. The first kappa shape index (κ1) is 30.6. The van der Waals surface area contributed by atoms with Crippen LogP contribution in [-0.2, 0) is 20.8 Å². The van der Waals surface area contributed by atoms with Crippen LogP contribution in [0.2, 0.25) is 0 Å². The third-order valence-electron chi connectivity index (χ3n) is 8.84. The fourth-order valence-electron chi connectivity index (χ4n) is 6.35. The Labute approximate surface area is 257 Å². The number of aliphatic hydroxyl groups excluding tert-OH is 2. The summed E-state index contributed by atoms with van der Waals surface area (Å²) in [5.74, 6) is 1.28. The summed E-state index contributed by atoms with van der Waals surface area (Å²) in [6.45, 7) is 1.21. The Kier molecular flexibility index (Phi) is 9.80. The summed E-state index contributed by atoms with van der Waals surface area (Å²) < 4.78 is 18.5. The Morgan fingerprint density at radius 3 is 2.25 bits per heavy atom. The van der Waals surface area contributed by atoms with E-state index in [2.05, 4.69) is 64.1 Å². The maximum atomic E-state index is 10.9. The molecule has 1 aliphatic heterocycles. The Hall–Kier alpha value is -3.45. The molecule has 0 spiro atoms. The van der Waals surface area contributed by atoms with Crippen molar-refractivity contribution in [3.05, 3.63) is 83.9 Å². The van der Waals surface area contributed by atoms with E-state index in [1.165, 1.54) is 18.2 Å². The van der Waals surface area contributed by atoms with Gasteiger partial charge in [-0.2, -0.15) is 0 Å². The van der Waals surface area contributed by atoms with E-state index in [4.69, 9.17) is 24.2 Å². The van der Waals surface area contributed by atoms with E-state index >= 15 is 0 Å². The van der Waals surface area contributed by atoms with E-state index < -0.39 is 24.5 Å². The highest BCUT2D eigenvalue weighted by molar-refractivity contribution is 5.83. The molecule has 4 atom stereocenters. The van der Waals surface area contributed by atoms with Crippen LogP contribution in [0.15, 0.2) is 67.0 Å². The van der Waals surface area contributed by atoms with Crippen molar-refractivity contribution in [2.75, 3.05) is 32.7 Å². The molecular formula is C33H42N6O5. The van der Waals surface area contributed by atoms with Gasteiger partial charge in [0.1, 0.15) is 24.1 Å². The number of nitrogens with zero attached hydrogens (tertiary/aromatic N) is 4. The van der Waals surface area contributed by atoms with Gasteiger partial charge in [0, 0.05) is 32.7 Å². The quantitative estimate of drug-likeness (QED) is 0.191. The van der Waals surface area contributed by atoms with Crippen molar-refractivity contribution in [2.45, 2.75) is 74.8 Å². The molecule has 11 heteroatoms. The highest BCUT2D eigenvalue weighted by Crippen LogP contribution is 2.33. The van der Waals surface area contributed by atoms with Gasteiger partial charge in [-0.25, -0.2) is 15.0 Å². The number of hydrogen-bond acceptors (Lipinski definition) is 10. The molecule has 0 unspecified atom stereocenters. The first-order valence-electron chi connectivity index (χ1n) is 15.4. The minimum atomic E-state index is -1.17. The molecule has 2 fully saturated rings. The summed E-state index contributed by atoms with van der Waals surface area (Å²) in [4.78, 5) is 14.5. The predicted octanol–water partition coefficient (Wildman–Crippen LogP) is 3.38. The van der Waals surface area contributed by atoms with E-state index in [0.717, 1.165) is 25.7 Å². The van der Waals surface area contributed by atoms with Crippen molar-refractivity contribution >= 4 is 17.0 Å². The van der Waals surface area contributed by atoms with Crippen LogP contribution < -0.4 is 10.6 Å². The topological polar surface area (TPSA) is 136 Å². The molecule has 2 aliphatic rings. The molecule has 2 aromatic heterocycles. The monoisotopic (exact) mass is 602 g/mol. The van der Waals surface area contributed by atoms with Gasteiger partial charge in [-0.05, 0) is 36.8 Å². The molecule has 4 aromatic rings. The van der Waals surface area contributed by atoms with E-state index in [0.29, 0.717) is 48.0 Å². The number of fused-ring (bicyclic) bond motifs is 1. The van der Waals surface area contributed by atoms with Gasteiger partial charge in [-0.3, -0.25) is 4.57 Å². The molecule has 0 amide bonds. The molecule has 4 N–H and O–H groups in total. The summed E-state index contributed by atoms with van der Waals surface area (Å²) in [7, 11) is 3.31. The molecule has 3 heterocycles. The zero-order valence-electron chi connectivity index (χ0n) is 25.3. The molecule has 0 bridgehead atoms. The predicted molar refractivity (Wildman–Crippen MR) is 166 cm³/mol. The van der Waals surface area contributed by atoms with Crippen LogP contribution in [0, 0.1) is 0 Å². The zero-order valence-corrected chi connectivity index (χ0v) is 25.3. The van der Waals surface area contributed by atoms with Crippen LogP contribution in [0.4, 0.5) is 5.82 Å². The number of hydrogen-bond donors (Lipinski definition) is 4. The number of nitrogens with one attached hydrogen (secondary N) is 2. The van der Waals surface area contributed by atoms with Gasteiger partial charge in [0.25, 0.3) is 0 Å². The number of rotatable bonds is 12. The molecular weight excluding hydrogens is 560 g/mol. The number of ether oxygens (including phenoxy) is 3. The van der Waals surface area contributed by atoms with E-state index in [9.17, 15) is 10.2 Å². The highest BCUT2D eigenvalue weighted by Gasteiger charge is 2.44. The average Bonchev–Trinajstić information content (AvgIpc) is 3.61. The number of benzene rings is 2. The van der Waals surface area contributed by atoms with Crippen molar-refractivity contribution in [2.24, 2.45) is 0 Å². The van der Waals surface area contributed by atoms with Gasteiger partial charge < -0.3 is 35.1 Å². The molecule has 2 aromatic carbocycles. The fraction of sp³-hybridized carbons (Fsp3) is 0.485. The molecule has 1 saturated heterocycles. The Bertz CT molecular complexity index is 1440. The first-order valence-corrected chi connectivity index (χ1v) is 15.4. The van der Waals surface area contributed by atoms with Gasteiger partial charge in [-0.15, -0.1) is 0 Å². The minimum absolute atomic E-state index is 0.0759. The normalized spacial score (nSPS) is 25.6. The van der Waals surface area contributed by atoms with Gasteiger partial charge in [0.2, 0.25) is 0 Å². The number of methoxy groups -OCH3 is 2. The van der Waals surface area contributed by atoms with E-state index in [-0.39, 0.29) is 12.5 Å². The lowest BCUT2D eigenvalue weighted by Crippen LogP contribution is -2.35. The lowest BCUT2D eigenvalue weighted by atomic mass is 9.91. The third kappa shape index (κ3) is 6.63. The lowest BCUT2D eigenvalue weighted by molar-refractivity contribution is -0.0580. The molecule has 44 heavy (non-hydrogen) atoms. The second-order valence-electron chi connectivity index (χ2n) is 11.7. The number of aliphatic hydroxyl groups is 2. The molecule has 234 valence electrons. The second-order valence-corrected chi connectivity index (χ2v) is 11.7. The van der Waals surface area contributed by atoms with Gasteiger partial charge in [0.15, 0.2) is 23.2 Å². The molecule has 0 radical (unpaired) electrons. The van der Waals surface area contributed by atoms with Gasteiger partial charge in [-0.1, -0.05) is 60.7 Å². The van der Waals surface area contributed by atoms with Crippen molar-refractivity contribution < 1.29 is 24.4 Å². The van der Waals surface area contributed by atoms with Crippen molar-refractivity contribution in [1.82, 2.24) is 24.8 Å². The SMILES string of the molecule is COC[C@H]1O[C@@H](n2cnc3c(NCC(c4ccccc4)c4ccccc4)nc(CNC4CCC(OC)CC4)nc32)[C@H](O)[C@@H]1O. The van der Waals surface area contributed by atoms with Crippen LogP contribution in [0.5, 0.6) is 0 Å². The third-order valence-corrected chi connectivity index (χ3v) is 8.84. The van der Waals surface area contributed by atoms with E-state index in [1.807, 2.05) is 12.1 Å². The van der Waals surface area contributed by atoms with Crippen LogP contribution in [0.25, 0.3) is 11.2 Å². The Balaban J connectivity index is 1.30. The van der Waals surface area contributed by atoms with Crippen LogP contribution >= 0.6 is 0 Å². The summed E-state index contributed by atoms with van der Waals surface area (Å²) in [6, 6.07) is 21.2. The number of aromatic nitrogens is 4. The van der Waals surface area contributed by atoms with Crippen molar-refractivity contribution in [1.29, 1.82) is 0 Å². The van der Waals surface area contributed by atoms with Crippen molar-refractivity contribution in [3.63, 3.8) is 0 Å². The Morgan fingerprint density at radius 1 is 0.932 bits per heavy atom. The number of anilines is 1. The zero-order chi connectivity index (χ0) is 30.5. The standard InChI is InChI=1S/C33H42N6O5/c1-42-19-26-29(40)30(41)33(44-26)39-20-36-28-31(35-17-25(21-9-5-3-6-10-21)22-11-7-4-8-12-22)37-27(38-32(28)39)18-34-23-13-15-24(43-2)16-14-23/h3-12,20,23-26,29-30,33-34,40-41H,13-19H2,1-2H3,(H,35,37,38)/t23?,24?,26-,29-,30-,33-/m1/s1. The summed E-state index contributed by atoms with van der Waals surface area (Å²) >= 11 is 0. The van der Waals surface area contributed by atoms with Crippen LogP contribution in [-0.4, -0.2) is 87.6 Å². The van der Waals surface area contributed by atoms with Crippen LogP contribution in [0.1, 0.15) is 54.8 Å². The molecule has 1 aliphatic carbocycles. The Morgan fingerprint density at radius 2 is 1.61 bits per heavy atom. The van der Waals surface area contributed by atoms with Gasteiger partial charge >= 0.3 is 0 Å². The maximum Gasteiger partial charge on any atom is 0.168 e. The first-order chi connectivity index (χ1) is 21.6. The molecule has 1 saturated carbocycles. The fourth-order valence-corrected chi connectivity index (χ4v) is 6.35. The minimum Gasteiger partial charge on any atom is -0.387 e. The maximum absolute atomic E-state index is 10.9. The average molecular weight is 603 g/mol. The lowest BCUT2D eigenvalue weighted by Gasteiger charge is -2.28. The van der Waals surface area contributed by atoms with Gasteiger partial charge in [0.05, 0.1) is 25.6 Å². The smallest absolute Gasteiger partial charge is 0.168 e. The number of imidazole rings is 1. The summed E-state index contributed by atoms with van der Waals surface area (Å²) in [5.41, 5.74) is 3.47. The summed E-state index contributed by atoms with van der Waals surface area (Å²) in [6.07, 6.45) is 2.21. The van der Waals surface area contributed by atoms with Crippen LogP contribution in [0.3, 0.4) is 0 Å².